The Bertz CT molecular complexity index is 802. The molecule has 0 unspecified atom stereocenters. The van der Waals surface area contributed by atoms with Gasteiger partial charge in [0, 0.05) is 17.9 Å². The fourth-order valence-corrected chi connectivity index (χ4v) is 4.73. The lowest BCUT2D eigenvalue weighted by molar-refractivity contribution is -0.119. The van der Waals surface area contributed by atoms with Gasteiger partial charge in [-0.25, -0.2) is 4.98 Å². The van der Waals surface area contributed by atoms with Gasteiger partial charge in [-0.1, -0.05) is 38.0 Å². The molecule has 0 radical (unpaired) electrons. The number of hydrogen-bond donors (Lipinski definition) is 1. The summed E-state index contributed by atoms with van der Waals surface area (Å²) in [6.45, 7) is 4.22. The van der Waals surface area contributed by atoms with Gasteiger partial charge in [-0.15, -0.1) is 11.8 Å². The highest BCUT2D eigenvalue weighted by molar-refractivity contribution is 7.99. The summed E-state index contributed by atoms with van der Waals surface area (Å²) in [5, 5.41) is 8.29. The smallest absolute Gasteiger partial charge is 0.275 e. The molecule has 0 spiro atoms. The molecule has 3 rings (SSSR count). The van der Waals surface area contributed by atoms with Crippen molar-refractivity contribution in [2.75, 3.05) is 5.75 Å². The first kappa shape index (κ1) is 18.4. The first-order valence-electron chi connectivity index (χ1n) is 8.82. The Balaban J connectivity index is 1.54. The van der Waals surface area contributed by atoms with Gasteiger partial charge in [-0.05, 0) is 25.2 Å². The number of amides is 1. The maximum Gasteiger partial charge on any atom is 0.275 e. The van der Waals surface area contributed by atoms with Crippen molar-refractivity contribution < 1.29 is 4.79 Å². The molecule has 136 valence electrons. The van der Waals surface area contributed by atoms with Crippen molar-refractivity contribution >= 4 is 34.0 Å². The van der Waals surface area contributed by atoms with E-state index in [1.54, 1.807) is 0 Å². The summed E-state index contributed by atoms with van der Waals surface area (Å²) in [5.74, 6) is 1.59. The number of nitrogens with one attached hydrogen (secondary N) is 1. The minimum Gasteiger partial charge on any atom is -0.352 e. The van der Waals surface area contributed by atoms with Crippen LogP contribution in [0.15, 0.2) is 10.9 Å². The van der Waals surface area contributed by atoms with Gasteiger partial charge in [0.15, 0.2) is 0 Å². The summed E-state index contributed by atoms with van der Waals surface area (Å²) in [4.78, 5) is 29.4. The Kier molecular flexibility index (Phi) is 6.11. The standard InChI is InChI=1S/C17H24N4O2S2/c1-3-15-20-21-16(23)8-12(18-17(21)25-15)9-24-10-14(22)19-13-7-5-4-6-11(13)2/h8,11,13H,3-7,9-10H2,1-2H3,(H,19,22)/t11-,13+/m1/s1. The molecule has 6 nitrogen and oxygen atoms in total. The Morgan fingerprint density at radius 3 is 3.00 bits per heavy atom. The second kappa shape index (κ2) is 8.31. The van der Waals surface area contributed by atoms with Crippen LogP contribution in [0, 0.1) is 5.92 Å². The fraction of sp³-hybridized carbons (Fsp3) is 0.647. The van der Waals surface area contributed by atoms with Gasteiger partial charge in [-0.2, -0.15) is 9.61 Å². The fourth-order valence-electron chi connectivity index (χ4n) is 3.14. The first-order valence-corrected chi connectivity index (χ1v) is 10.8. The molecule has 1 amide bonds. The number of aromatic nitrogens is 3. The number of rotatable bonds is 6. The van der Waals surface area contributed by atoms with Gasteiger partial charge in [0.2, 0.25) is 10.9 Å². The second-order valence-corrected chi connectivity index (χ2v) is 8.58. The van der Waals surface area contributed by atoms with Crippen LogP contribution >= 0.6 is 23.1 Å². The highest BCUT2D eigenvalue weighted by Crippen LogP contribution is 2.24. The van der Waals surface area contributed by atoms with Gasteiger partial charge < -0.3 is 5.32 Å². The summed E-state index contributed by atoms with van der Waals surface area (Å²) in [6, 6.07) is 1.82. The number of hydrogen-bond acceptors (Lipinski definition) is 6. The van der Waals surface area contributed by atoms with Crippen LogP contribution in [-0.2, 0) is 17.0 Å². The van der Waals surface area contributed by atoms with Crippen LogP contribution in [0.25, 0.3) is 4.96 Å². The van der Waals surface area contributed by atoms with Crippen molar-refractivity contribution in [1.82, 2.24) is 19.9 Å². The third kappa shape index (κ3) is 4.61. The Morgan fingerprint density at radius 2 is 2.24 bits per heavy atom. The van der Waals surface area contributed by atoms with Crippen LogP contribution in [0.4, 0.5) is 0 Å². The minimum absolute atomic E-state index is 0.0765. The minimum atomic E-state index is -0.156. The molecule has 0 aliphatic heterocycles. The third-order valence-electron chi connectivity index (χ3n) is 4.58. The number of aryl methyl sites for hydroxylation is 1. The SMILES string of the molecule is CCc1nn2c(=O)cc(CSCC(=O)N[C@H]3CCCC[C@H]3C)nc2s1. The molecule has 1 N–H and O–H groups in total. The zero-order valence-corrected chi connectivity index (χ0v) is 16.3. The molecule has 2 aromatic rings. The summed E-state index contributed by atoms with van der Waals surface area (Å²) >= 11 is 2.94. The van der Waals surface area contributed by atoms with Crippen LogP contribution in [-0.4, -0.2) is 32.3 Å². The lowest BCUT2D eigenvalue weighted by Gasteiger charge is -2.29. The zero-order valence-electron chi connectivity index (χ0n) is 14.7. The van der Waals surface area contributed by atoms with E-state index in [9.17, 15) is 9.59 Å². The molecule has 25 heavy (non-hydrogen) atoms. The monoisotopic (exact) mass is 380 g/mol. The summed E-state index contributed by atoms with van der Waals surface area (Å²) < 4.78 is 1.36. The number of carbonyl (C=O) groups is 1. The normalized spacial score (nSPS) is 20.7. The molecule has 0 saturated heterocycles. The summed E-state index contributed by atoms with van der Waals surface area (Å²) in [6.07, 6.45) is 5.53. The maximum absolute atomic E-state index is 12.1. The van der Waals surface area contributed by atoms with Crippen LogP contribution in [0.3, 0.4) is 0 Å². The molecule has 1 fully saturated rings. The van der Waals surface area contributed by atoms with Crippen molar-refractivity contribution in [3.63, 3.8) is 0 Å². The zero-order chi connectivity index (χ0) is 17.8. The van der Waals surface area contributed by atoms with E-state index < -0.39 is 0 Å². The van der Waals surface area contributed by atoms with Crippen LogP contribution in [0.1, 0.15) is 50.2 Å². The lowest BCUT2D eigenvalue weighted by atomic mass is 9.86. The van der Waals surface area contributed by atoms with E-state index in [1.807, 2.05) is 6.92 Å². The van der Waals surface area contributed by atoms with Gasteiger partial charge >= 0.3 is 0 Å². The predicted molar refractivity (Wildman–Crippen MR) is 102 cm³/mol. The number of thioether (sulfide) groups is 1. The number of nitrogens with zero attached hydrogens (tertiary/aromatic N) is 3. The molecule has 1 aliphatic carbocycles. The van der Waals surface area contributed by atoms with E-state index in [4.69, 9.17) is 0 Å². The van der Waals surface area contributed by atoms with Crippen molar-refractivity contribution in [2.45, 2.75) is 57.7 Å². The lowest BCUT2D eigenvalue weighted by Crippen LogP contribution is -2.41. The van der Waals surface area contributed by atoms with Crippen molar-refractivity contribution in [2.24, 2.45) is 5.92 Å². The molecule has 0 bridgehead atoms. The van der Waals surface area contributed by atoms with E-state index in [1.165, 1.54) is 52.9 Å². The average molecular weight is 381 g/mol. The quantitative estimate of drug-likeness (QED) is 0.834. The summed E-state index contributed by atoms with van der Waals surface area (Å²) in [7, 11) is 0. The van der Waals surface area contributed by atoms with Gasteiger partial charge in [0.05, 0.1) is 11.4 Å². The van der Waals surface area contributed by atoms with Crippen LogP contribution in [0.5, 0.6) is 0 Å². The molecule has 8 heteroatoms. The number of fused-ring (bicyclic) bond motifs is 1. The Morgan fingerprint density at radius 1 is 1.44 bits per heavy atom. The first-order chi connectivity index (χ1) is 12.1. The molecule has 2 aromatic heterocycles. The second-order valence-electron chi connectivity index (χ2n) is 6.56. The molecular weight excluding hydrogens is 356 g/mol. The van der Waals surface area contributed by atoms with Crippen LogP contribution in [0.2, 0.25) is 0 Å². The van der Waals surface area contributed by atoms with Crippen molar-refractivity contribution in [1.29, 1.82) is 0 Å². The van der Waals surface area contributed by atoms with E-state index >= 15 is 0 Å². The summed E-state index contributed by atoms with van der Waals surface area (Å²) in [5.41, 5.74) is 0.553. The third-order valence-corrected chi connectivity index (χ3v) is 6.60. The molecule has 2 atom stereocenters. The average Bonchev–Trinajstić information content (AvgIpc) is 3.01. The molecule has 1 saturated carbocycles. The molecule has 1 aliphatic rings. The molecular formula is C17H24N4O2S2. The van der Waals surface area contributed by atoms with E-state index in [0.717, 1.165) is 17.8 Å². The Labute approximate surface area is 155 Å². The van der Waals surface area contributed by atoms with Gasteiger partial charge in [0.25, 0.3) is 5.56 Å². The van der Waals surface area contributed by atoms with Gasteiger partial charge in [0.1, 0.15) is 5.01 Å². The molecule has 2 heterocycles. The highest BCUT2D eigenvalue weighted by atomic mass is 32.2. The number of carbonyl (C=O) groups excluding carboxylic acids is 1. The Hall–Kier alpha value is -1.41. The van der Waals surface area contributed by atoms with E-state index in [2.05, 4.69) is 22.3 Å². The predicted octanol–water partition coefficient (Wildman–Crippen LogP) is 2.64. The van der Waals surface area contributed by atoms with Gasteiger partial charge in [-0.3, -0.25) is 9.59 Å². The largest absolute Gasteiger partial charge is 0.352 e. The van der Waals surface area contributed by atoms with E-state index in [0.29, 0.717) is 34.1 Å². The molecule has 0 aromatic carbocycles. The maximum atomic E-state index is 12.1. The van der Waals surface area contributed by atoms with Crippen molar-refractivity contribution in [3.05, 3.63) is 27.1 Å². The van der Waals surface area contributed by atoms with Crippen LogP contribution < -0.4 is 10.9 Å². The van der Waals surface area contributed by atoms with E-state index in [-0.39, 0.29) is 11.5 Å². The highest BCUT2D eigenvalue weighted by Gasteiger charge is 2.22. The topological polar surface area (TPSA) is 76.4 Å². The van der Waals surface area contributed by atoms with Crippen molar-refractivity contribution in [3.8, 4) is 0 Å².